The summed E-state index contributed by atoms with van der Waals surface area (Å²) in [6.07, 6.45) is 0. The molecule has 0 saturated heterocycles. The molecule has 0 spiro atoms. The average molecular weight is 394 g/mol. The molecule has 0 unspecified atom stereocenters. The Morgan fingerprint density at radius 1 is 1.12 bits per heavy atom. The van der Waals surface area contributed by atoms with Crippen LogP contribution in [0.1, 0.15) is 5.76 Å². The molecule has 1 aromatic carbocycles. The summed E-state index contributed by atoms with van der Waals surface area (Å²) in [5.41, 5.74) is 0.977. The second kappa shape index (κ2) is 8.65. The highest BCUT2D eigenvalue weighted by Crippen LogP contribution is 2.24. The largest absolute Gasteiger partial charge is 0.459 e. The third-order valence-electron chi connectivity index (χ3n) is 3.45. The number of carbonyl (C=O) groups excluding carboxylic acids is 2. The molecule has 2 rings (SSSR count). The number of carbonyl (C=O) groups is 2. The van der Waals surface area contributed by atoms with Crippen LogP contribution in [-0.4, -0.2) is 43.9 Å². The summed E-state index contributed by atoms with van der Waals surface area (Å²) in [4.78, 5) is 24.7. The Hall–Kier alpha value is -2.12. The van der Waals surface area contributed by atoms with Crippen molar-refractivity contribution in [2.45, 2.75) is 6.54 Å². The molecule has 7 heteroatoms. The molecule has 0 bridgehead atoms. The first-order valence-corrected chi connectivity index (χ1v) is 8.29. The summed E-state index contributed by atoms with van der Waals surface area (Å²) in [6.45, 7) is 0.589. The summed E-state index contributed by atoms with van der Waals surface area (Å²) < 4.78 is 6.80. The van der Waals surface area contributed by atoms with E-state index < -0.39 is 0 Å². The molecule has 1 heterocycles. The van der Waals surface area contributed by atoms with Crippen LogP contribution in [0, 0.1) is 0 Å². The molecule has 6 nitrogen and oxygen atoms in total. The van der Waals surface area contributed by atoms with Crippen LogP contribution in [0.2, 0.25) is 0 Å². The fourth-order valence-corrected chi connectivity index (χ4v) is 2.32. The summed E-state index contributed by atoms with van der Waals surface area (Å²) in [7, 11) is 3.25. The molecule has 0 saturated carbocycles. The zero-order chi connectivity index (χ0) is 17.5. The van der Waals surface area contributed by atoms with E-state index in [1.165, 1.54) is 0 Å². The third kappa shape index (κ3) is 5.21. The minimum absolute atomic E-state index is 0.101. The van der Waals surface area contributed by atoms with Crippen molar-refractivity contribution in [3.63, 3.8) is 0 Å². The maximum absolute atomic E-state index is 12.0. The van der Waals surface area contributed by atoms with Gasteiger partial charge in [0.1, 0.15) is 11.5 Å². The van der Waals surface area contributed by atoms with Crippen molar-refractivity contribution < 1.29 is 14.0 Å². The fourth-order valence-electron chi connectivity index (χ4n) is 2.06. The Labute approximate surface area is 149 Å². The van der Waals surface area contributed by atoms with E-state index in [2.05, 4.69) is 26.6 Å². The van der Waals surface area contributed by atoms with Crippen LogP contribution < -0.4 is 10.6 Å². The van der Waals surface area contributed by atoms with E-state index in [-0.39, 0.29) is 24.9 Å². The number of nitrogens with one attached hydrogen (secondary N) is 2. The van der Waals surface area contributed by atoms with Gasteiger partial charge in [0.2, 0.25) is 11.8 Å². The van der Waals surface area contributed by atoms with Crippen molar-refractivity contribution in [1.29, 1.82) is 0 Å². The molecule has 0 fully saturated rings. The molecule has 2 aromatic rings. The fraction of sp³-hybridized carbons (Fsp3) is 0.294. The van der Waals surface area contributed by atoms with Gasteiger partial charge < -0.3 is 14.6 Å². The van der Waals surface area contributed by atoms with E-state index in [0.29, 0.717) is 12.3 Å². The topological polar surface area (TPSA) is 74.6 Å². The highest BCUT2D eigenvalue weighted by Gasteiger charge is 2.12. The van der Waals surface area contributed by atoms with Crippen LogP contribution >= 0.6 is 15.9 Å². The van der Waals surface area contributed by atoms with Crippen LogP contribution in [0.4, 0.5) is 0 Å². The standard InChI is InChI=1S/C17H20BrN3O3/c1-19-16(22)9-20-10-17(23)21(2)11-14-7-8-15(24-14)12-3-5-13(18)6-4-12/h3-8,20H,9-11H2,1-2H3,(H,19,22). The van der Waals surface area contributed by atoms with Crippen LogP contribution in [0.5, 0.6) is 0 Å². The highest BCUT2D eigenvalue weighted by molar-refractivity contribution is 9.10. The van der Waals surface area contributed by atoms with Crippen LogP contribution in [0.3, 0.4) is 0 Å². The molecule has 0 aliphatic rings. The number of rotatable bonds is 7. The van der Waals surface area contributed by atoms with Gasteiger partial charge in [0.25, 0.3) is 0 Å². The molecule has 0 radical (unpaired) electrons. The van der Waals surface area contributed by atoms with Gasteiger partial charge >= 0.3 is 0 Å². The monoisotopic (exact) mass is 393 g/mol. The third-order valence-corrected chi connectivity index (χ3v) is 3.98. The first-order chi connectivity index (χ1) is 11.5. The van der Waals surface area contributed by atoms with Gasteiger partial charge in [-0.2, -0.15) is 0 Å². The molecular formula is C17H20BrN3O3. The molecule has 0 aliphatic heterocycles. The second-order valence-corrected chi connectivity index (χ2v) is 6.22. The predicted molar refractivity (Wildman–Crippen MR) is 95.3 cm³/mol. The maximum atomic E-state index is 12.0. The normalized spacial score (nSPS) is 10.5. The first kappa shape index (κ1) is 18.2. The van der Waals surface area contributed by atoms with Gasteiger partial charge in [-0.1, -0.05) is 28.1 Å². The molecule has 1 aromatic heterocycles. The highest BCUT2D eigenvalue weighted by atomic mass is 79.9. The predicted octanol–water partition coefficient (Wildman–Crippen LogP) is 2.00. The molecule has 0 aliphatic carbocycles. The van der Waals surface area contributed by atoms with Gasteiger partial charge in [-0.25, -0.2) is 0 Å². The number of amides is 2. The van der Waals surface area contributed by atoms with Crippen molar-refractivity contribution >= 4 is 27.7 Å². The van der Waals surface area contributed by atoms with Crippen molar-refractivity contribution in [2.75, 3.05) is 27.2 Å². The van der Waals surface area contributed by atoms with Gasteiger partial charge in [0.15, 0.2) is 0 Å². The number of likely N-dealkylation sites (N-methyl/N-ethyl adjacent to an activating group) is 2. The van der Waals surface area contributed by atoms with Crippen LogP contribution in [0.25, 0.3) is 11.3 Å². The summed E-state index contributed by atoms with van der Waals surface area (Å²) in [5.74, 6) is 1.20. The Bertz CT molecular complexity index is 697. The Balaban J connectivity index is 1.88. The summed E-state index contributed by atoms with van der Waals surface area (Å²) in [6, 6.07) is 11.6. The number of nitrogens with zero attached hydrogens (tertiary/aromatic N) is 1. The lowest BCUT2D eigenvalue weighted by molar-refractivity contribution is -0.129. The van der Waals surface area contributed by atoms with Crippen LogP contribution in [0.15, 0.2) is 45.3 Å². The maximum Gasteiger partial charge on any atom is 0.236 e. The molecule has 0 atom stereocenters. The van der Waals surface area contributed by atoms with E-state index in [1.807, 2.05) is 36.4 Å². The second-order valence-electron chi connectivity index (χ2n) is 5.30. The van der Waals surface area contributed by atoms with Gasteiger partial charge in [0.05, 0.1) is 19.6 Å². The minimum Gasteiger partial charge on any atom is -0.459 e. The van der Waals surface area contributed by atoms with Crippen molar-refractivity contribution in [3.05, 3.63) is 46.6 Å². The molecule has 2 amide bonds. The van der Waals surface area contributed by atoms with Gasteiger partial charge in [-0.05, 0) is 24.3 Å². The molecular weight excluding hydrogens is 374 g/mol. The SMILES string of the molecule is CNC(=O)CNCC(=O)N(C)Cc1ccc(-c2ccc(Br)cc2)o1. The Kier molecular flexibility index (Phi) is 6.57. The molecule has 128 valence electrons. The van der Waals surface area contributed by atoms with E-state index in [0.717, 1.165) is 15.8 Å². The van der Waals surface area contributed by atoms with Gasteiger partial charge in [-0.15, -0.1) is 0 Å². The van der Waals surface area contributed by atoms with Crippen LogP contribution in [-0.2, 0) is 16.1 Å². The van der Waals surface area contributed by atoms with Crippen molar-refractivity contribution in [3.8, 4) is 11.3 Å². The Morgan fingerprint density at radius 3 is 2.50 bits per heavy atom. The summed E-state index contributed by atoms with van der Waals surface area (Å²) in [5, 5.41) is 5.29. The first-order valence-electron chi connectivity index (χ1n) is 7.49. The number of benzene rings is 1. The summed E-state index contributed by atoms with van der Waals surface area (Å²) >= 11 is 3.40. The van der Waals surface area contributed by atoms with E-state index in [1.54, 1.807) is 19.0 Å². The number of hydrogen-bond acceptors (Lipinski definition) is 4. The average Bonchev–Trinajstić information content (AvgIpc) is 3.03. The lowest BCUT2D eigenvalue weighted by Gasteiger charge is -2.16. The number of hydrogen-bond donors (Lipinski definition) is 2. The number of furan rings is 1. The quantitative estimate of drug-likeness (QED) is 0.754. The number of halogens is 1. The molecule has 2 N–H and O–H groups in total. The zero-order valence-electron chi connectivity index (χ0n) is 13.6. The van der Waals surface area contributed by atoms with E-state index in [4.69, 9.17) is 4.42 Å². The van der Waals surface area contributed by atoms with Gasteiger partial charge in [0, 0.05) is 24.1 Å². The lowest BCUT2D eigenvalue weighted by Crippen LogP contribution is -2.39. The minimum atomic E-state index is -0.157. The van der Waals surface area contributed by atoms with E-state index in [9.17, 15) is 9.59 Å². The zero-order valence-corrected chi connectivity index (χ0v) is 15.2. The smallest absolute Gasteiger partial charge is 0.236 e. The van der Waals surface area contributed by atoms with Crippen molar-refractivity contribution in [1.82, 2.24) is 15.5 Å². The van der Waals surface area contributed by atoms with E-state index >= 15 is 0 Å². The molecule has 24 heavy (non-hydrogen) atoms. The van der Waals surface area contributed by atoms with Crippen molar-refractivity contribution in [2.24, 2.45) is 0 Å². The lowest BCUT2D eigenvalue weighted by atomic mass is 10.2. The van der Waals surface area contributed by atoms with Gasteiger partial charge in [-0.3, -0.25) is 14.9 Å². The Morgan fingerprint density at radius 2 is 1.83 bits per heavy atom.